The molecule has 0 unspecified atom stereocenters. The summed E-state index contributed by atoms with van der Waals surface area (Å²) in [6, 6.07) is 0. The third kappa shape index (κ3) is 8.94. The molecule has 0 aromatic heterocycles. The monoisotopic (exact) mass is 480 g/mol. The fourth-order valence-electron chi connectivity index (χ4n) is 2.41. The SMILES string of the molecule is CCCCCCCCCCCCSSc1c(Cl)c(Cl)c(Cl)c(Cl)c1Cl. The molecule has 1 rings (SSSR count). The minimum absolute atomic E-state index is 0.211. The Kier molecular flexibility index (Phi) is 14.0. The molecule has 144 valence electrons. The molecule has 7 heteroatoms. The van der Waals surface area contributed by atoms with E-state index in [4.69, 9.17) is 58.0 Å². The molecule has 1 aromatic carbocycles. The molecule has 0 nitrogen and oxygen atoms in total. The van der Waals surface area contributed by atoms with Gasteiger partial charge in [0, 0.05) is 5.75 Å². The highest BCUT2D eigenvalue weighted by Gasteiger charge is 2.19. The van der Waals surface area contributed by atoms with Gasteiger partial charge in [0.15, 0.2) is 0 Å². The van der Waals surface area contributed by atoms with Gasteiger partial charge in [-0.3, -0.25) is 0 Å². The first kappa shape index (κ1) is 24.4. The molecule has 0 bridgehead atoms. The molecule has 0 atom stereocenters. The Morgan fingerprint density at radius 2 is 0.960 bits per heavy atom. The quantitative estimate of drug-likeness (QED) is 0.119. The van der Waals surface area contributed by atoms with Gasteiger partial charge in [-0.2, -0.15) is 0 Å². The van der Waals surface area contributed by atoms with Gasteiger partial charge in [-0.1, -0.05) is 144 Å². The van der Waals surface area contributed by atoms with Crippen LogP contribution in [0, 0.1) is 0 Å². The molecule has 25 heavy (non-hydrogen) atoms. The first-order valence-corrected chi connectivity index (χ1v) is 13.0. The highest BCUT2D eigenvalue weighted by Crippen LogP contribution is 2.50. The lowest BCUT2D eigenvalue weighted by molar-refractivity contribution is 0.563. The maximum atomic E-state index is 6.22. The van der Waals surface area contributed by atoms with Crippen molar-refractivity contribution in [3.05, 3.63) is 25.1 Å². The number of rotatable bonds is 13. The molecule has 0 saturated heterocycles. The highest BCUT2D eigenvalue weighted by atomic mass is 35.5. The van der Waals surface area contributed by atoms with E-state index in [9.17, 15) is 0 Å². The summed E-state index contributed by atoms with van der Waals surface area (Å²) in [7, 11) is 3.24. The van der Waals surface area contributed by atoms with Crippen molar-refractivity contribution in [2.75, 3.05) is 5.75 Å². The fraction of sp³-hybridized carbons (Fsp3) is 0.667. The summed E-state index contributed by atoms with van der Waals surface area (Å²) in [5.74, 6) is 1.05. The lowest BCUT2D eigenvalue weighted by atomic mass is 10.1. The van der Waals surface area contributed by atoms with Crippen molar-refractivity contribution in [2.45, 2.75) is 76.0 Å². The van der Waals surface area contributed by atoms with Crippen LogP contribution in [0.2, 0.25) is 25.1 Å². The second kappa shape index (κ2) is 14.4. The standard InChI is InChI=1S/C18H25Cl5S2/c1-2-3-4-5-6-7-8-9-10-11-12-24-25-18-16(22)14(20)13(19)15(21)17(18)23/h2-12H2,1H3. The predicted octanol–water partition coefficient (Wildman–Crippen LogP) is 10.6. The number of unbranched alkanes of at least 4 members (excludes halogenated alkanes) is 9. The Hall–Kier alpha value is 1.37. The van der Waals surface area contributed by atoms with Gasteiger partial charge in [0.2, 0.25) is 0 Å². The van der Waals surface area contributed by atoms with Gasteiger partial charge < -0.3 is 0 Å². The summed E-state index contributed by atoms with van der Waals surface area (Å²) in [6.07, 6.45) is 13.4. The Morgan fingerprint density at radius 3 is 1.44 bits per heavy atom. The summed E-state index contributed by atoms with van der Waals surface area (Å²) >= 11 is 30.6. The number of hydrogen-bond donors (Lipinski definition) is 0. The summed E-state index contributed by atoms with van der Waals surface area (Å²) in [5.41, 5.74) is 0. The van der Waals surface area contributed by atoms with E-state index in [1.54, 1.807) is 10.8 Å². The van der Waals surface area contributed by atoms with E-state index < -0.39 is 0 Å². The lowest BCUT2D eigenvalue weighted by Gasteiger charge is -2.11. The smallest absolute Gasteiger partial charge is 0.0809 e. The van der Waals surface area contributed by atoms with E-state index in [1.807, 2.05) is 0 Å². The van der Waals surface area contributed by atoms with E-state index >= 15 is 0 Å². The van der Waals surface area contributed by atoms with Gasteiger partial charge in [-0.25, -0.2) is 0 Å². The fourth-order valence-corrected chi connectivity index (χ4v) is 6.49. The Labute approximate surface area is 185 Å². The summed E-state index contributed by atoms with van der Waals surface area (Å²) in [4.78, 5) is 0.694. The van der Waals surface area contributed by atoms with Crippen LogP contribution in [0.4, 0.5) is 0 Å². The first-order chi connectivity index (χ1) is 12.0. The largest absolute Gasteiger partial charge is 0.0888 e. The van der Waals surface area contributed by atoms with Gasteiger partial charge >= 0.3 is 0 Å². The maximum Gasteiger partial charge on any atom is 0.0809 e. The normalized spacial score (nSPS) is 11.3. The summed E-state index contributed by atoms with van der Waals surface area (Å²) in [6.45, 7) is 2.26. The molecule has 0 radical (unpaired) electrons. The van der Waals surface area contributed by atoms with E-state index in [1.165, 1.54) is 75.0 Å². The Balaban J connectivity index is 2.15. The molecule has 0 amide bonds. The van der Waals surface area contributed by atoms with Gasteiger partial charge in [0.1, 0.15) is 0 Å². The zero-order chi connectivity index (χ0) is 18.7. The minimum atomic E-state index is 0.211. The van der Waals surface area contributed by atoms with Crippen molar-refractivity contribution in [3.8, 4) is 0 Å². The van der Waals surface area contributed by atoms with Crippen LogP contribution in [-0.4, -0.2) is 5.75 Å². The van der Waals surface area contributed by atoms with Gasteiger partial charge in [-0.15, -0.1) is 0 Å². The third-order valence-electron chi connectivity index (χ3n) is 3.89. The Morgan fingerprint density at radius 1 is 0.560 bits per heavy atom. The van der Waals surface area contributed by atoms with E-state index in [2.05, 4.69) is 6.92 Å². The van der Waals surface area contributed by atoms with Crippen LogP contribution in [0.3, 0.4) is 0 Å². The molecule has 0 aliphatic heterocycles. The lowest BCUT2D eigenvalue weighted by Crippen LogP contribution is -1.84. The highest BCUT2D eigenvalue weighted by molar-refractivity contribution is 8.76. The van der Waals surface area contributed by atoms with Crippen LogP contribution < -0.4 is 0 Å². The molecule has 0 saturated carbocycles. The molecule has 0 fully saturated rings. The second-order valence-electron chi connectivity index (χ2n) is 5.99. The van der Waals surface area contributed by atoms with Crippen molar-refractivity contribution in [3.63, 3.8) is 0 Å². The van der Waals surface area contributed by atoms with Crippen molar-refractivity contribution < 1.29 is 0 Å². The van der Waals surface area contributed by atoms with E-state index in [-0.39, 0.29) is 15.1 Å². The van der Waals surface area contributed by atoms with E-state index in [0.717, 1.165) is 5.75 Å². The predicted molar refractivity (Wildman–Crippen MR) is 122 cm³/mol. The molecule has 0 N–H and O–H groups in total. The number of halogens is 5. The Bertz CT molecular complexity index is 494. The molecular weight excluding hydrogens is 458 g/mol. The average molecular weight is 483 g/mol. The van der Waals surface area contributed by atoms with Crippen LogP contribution in [-0.2, 0) is 0 Å². The zero-order valence-corrected chi connectivity index (χ0v) is 19.9. The number of benzene rings is 1. The zero-order valence-electron chi connectivity index (χ0n) is 14.5. The average Bonchev–Trinajstić information content (AvgIpc) is 2.61. The minimum Gasteiger partial charge on any atom is -0.0888 e. The van der Waals surface area contributed by atoms with Crippen LogP contribution in [0.1, 0.15) is 71.1 Å². The second-order valence-corrected chi connectivity index (χ2v) is 10.3. The number of hydrogen-bond acceptors (Lipinski definition) is 2. The van der Waals surface area contributed by atoms with Crippen molar-refractivity contribution in [1.82, 2.24) is 0 Å². The first-order valence-electron chi connectivity index (χ1n) is 8.81. The van der Waals surface area contributed by atoms with Gasteiger partial charge in [-0.05, 0) is 6.42 Å². The molecule has 0 aliphatic rings. The molecule has 0 heterocycles. The van der Waals surface area contributed by atoms with Gasteiger partial charge in [0.05, 0.1) is 30.0 Å². The van der Waals surface area contributed by atoms with E-state index in [0.29, 0.717) is 14.9 Å². The van der Waals surface area contributed by atoms with Crippen LogP contribution >= 0.6 is 79.6 Å². The maximum absolute atomic E-state index is 6.22. The van der Waals surface area contributed by atoms with Crippen molar-refractivity contribution in [2.24, 2.45) is 0 Å². The molecule has 0 spiro atoms. The molecular formula is C18H25Cl5S2. The topological polar surface area (TPSA) is 0 Å². The molecule has 1 aromatic rings. The summed E-state index contributed by atoms with van der Waals surface area (Å²) in [5, 5.41) is 1.49. The van der Waals surface area contributed by atoms with Crippen LogP contribution in [0.15, 0.2) is 4.90 Å². The molecule has 0 aliphatic carbocycles. The van der Waals surface area contributed by atoms with Crippen LogP contribution in [0.5, 0.6) is 0 Å². The summed E-state index contributed by atoms with van der Waals surface area (Å²) < 4.78 is 0. The van der Waals surface area contributed by atoms with Gasteiger partial charge in [0.25, 0.3) is 0 Å². The van der Waals surface area contributed by atoms with Crippen molar-refractivity contribution >= 4 is 79.6 Å². The van der Waals surface area contributed by atoms with Crippen LogP contribution in [0.25, 0.3) is 0 Å². The third-order valence-corrected chi connectivity index (χ3v) is 8.90. The van der Waals surface area contributed by atoms with Crippen molar-refractivity contribution in [1.29, 1.82) is 0 Å².